The zero-order chi connectivity index (χ0) is 17.6. The van der Waals surface area contributed by atoms with Crippen LogP contribution >= 0.6 is 0 Å². The Kier molecular flexibility index (Phi) is 6.60. The maximum Gasteiger partial charge on any atom is 0.211 e. The van der Waals surface area contributed by atoms with Crippen LogP contribution in [0.5, 0.6) is 5.75 Å². The van der Waals surface area contributed by atoms with Crippen LogP contribution in [-0.2, 0) is 16.6 Å². The van der Waals surface area contributed by atoms with E-state index in [2.05, 4.69) is 23.5 Å². The minimum absolute atomic E-state index is 0.510. The molecule has 24 heavy (non-hydrogen) atoms. The SMILES string of the molecule is CCN(CCCNCc1c(OC)ccc2ccccc12)S(C)(=O)=O. The summed E-state index contributed by atoms with van der Waals surface area (Å²) in [5.41, 5.74) is 1.13. The molecule has 1 N–H and O–H groups in total. The third kappa shape index (κ3) is 4.69. The Hall–Kier alpha value is -1.63. The van der Waals surface area contributed by atoms with Gasteiger partial charge in [0.05, 0.1) is 13.4 Å². The van der Waals surface area contributed by atoms with Gasteiger partial charge in [-0.1, -0.05) is 37.3 Å². The molecular formula is C18H26N2O3S. The van der Waals surface area contributed by atoms with Gasteiger partial charge in [0.1, 0.15) is 5.75 Å². The van der Waals surface area contributed by atoms with E-state index in [-0.39, 0.29) is 0 Å². The lowest BCUT2D eigenvalue weighted by Gasteiger charge is -2.18. The van der Waals surface area contributed by atoms with E-state index in [0.29, 0.717) is 19.6 Å². The molecule has 2 aromatic carbocycles. The molecule has 5 nitrogen and oxygen atoms in total. The van der Waals surface area contributed by atoms with Crippen LogP contribution in [0.3, 0.4) is 0 Å². The van der Waals surface area contributed by atoms with Crippen molar-refractivity contribution in [2.24, 2.45) is 0 Å². The summed E-state index contributed by atoms with van der Waals surface area (Å²) in [6.45, 7) is 4.34. The second-order valence-electron chi connectivity index (χ2n) is 5.75. The average Bonchev–Trinajstić information content (AvgIpc) is 2.56. The number of sulfonamides is 1. The minimum atomic E-state index is -3.11. The van der Waals surface area contributed by atoms with Gasteiger partial charge in [0.25, 0.3) is 0 Å². The first-order valence-electron chi connectivity index (χ1n) is 8.17. The van der Waals surface area contributed by atoms with Crippen LogP contribution in [-0.4, -0.2) is 45.7 Å². The molecule has 0 saturated carbocycles. The third-order valence-electron chi connectivity index (χ3n) is 4.10. The standard InChI is InChI=1S/C18H26N2O3S/c1-4-20(24(3,21)22)13-7-12-19-14-17-16-9-6-5-8-15(16)10-11-18(17)23-2/h5-6,8-11,19H,4,7,12-14H2,1-3H3. The topological polar surface area (TPSA) is 58.6 Å². The van der Waals surface area contributed by atoms with Crippen LogP contribution in [0.25, 0.3) is 10.8 Å². The van der Waals surface area contributed by atoms with Crippen molar-refractivity contribution in [3.05, 3.63) is 42.0 Å². The van der Waals surface area contributed by atoms with Crippen LogP contribution < -0.4 is 10.1 Å². The minimum Gasteiger partial charge on any atom is -0.496 e. The van der Waals surface area contributed by atoms with E-state index < -0.39 is 10.0 Å². The number of hydrogen-bond donors (Lipinski definition) is 1. The number of rotatable bonds is 9. The fourth-order valence-corrected chi connectivity index (χ4v) is 3.77. The molecule has 6 heteroatoms. The monoisotopic (exact) mass is 350 g/mol. The number of nitrogens with one attached hydrogen (secondary N) is 1. The first kappa shape index (κ1) is 18.7. The summed E-state index contributed by atoms with van der Waals surface area (Å²) in [7, 11) is -1.43. The Morgan fingerprint density at radius 2 is 1.92 bits per heavy atom. The summed E-state index contributed by atoms with van der Waals surface area (Å²) >= 11 is 0. The number of benzene rings is 2. The highest BCUT2D eigenvalue weighted by Gasteiger charge is 2.13. The van der Waals surface area contributed by atoms with E-state index in [1.807, 2.05) is 25.1 Å². The summed E-state index contributed by atoms with van der Waals surface area (Å²) in [6.07, 6.45) is 2.03. The molecule has 2 rings (SSSR count). The van der Waals surface area contributed by atoms with Gasteiger partial charge >= 0.3 is 0 Å². The fourth-order valence-electron chi connectivity index (χ4n) is 2.84. The van der Waals surface area contributed by atoms with Gasteiger partial charge in [-0.15, -0.1) is 0 Å². The van der Waals surface area contributed by atoms with Crippen molar-refractivity contribution < 1.29 is 13.2 Å². The largest absolute Gasteiger partial charge is 0.496 e. The third-order valence-corrected chi connectivity index (χ3v) is 5.48. The van der Waals surface area contributed by atoms with Gasteiger partial charge in [0, 0.05) is 25.2 Å². The predicted octanol–water partition coefficient (Wildman–Crippen LogP) is 2.61. The summed E-state index contributed by atoms with van der Waals surface area (Å²) in [4.78, 5) is 0. The van der Waals surface area contributed by atoms with Crippen molar-refractivity contribution in [1.82, 2.24) is 9.62 Å². The predicted molar refractivity (Wildman–Crippen MR) is 98.9 cm³/mol. The lowest BCUT2D eigenvalue weighted by atomic mass is 10.0. The van der Waals surface area contributed by atoms with Crippen molar-refractivity contribution in [2.75, 3.05) is 33.0 Å². The Labute approximate surface area is 144 Å². The molecule has 0 saturated heterocycles. The Bertz CT molecular complexity index is 775. The van der Waals surface area contributed by atoms with Gasteiger partial charge in [-0.3, -0.25) is 0 Å². The summed E-state index contributed by atoms with van der Waals surface area (Å²) in [5, 5.41) is 5.76. The Balaban J connectivity index is 1.96. The van der Waals surface area contributed by atoms with E-state index >= 15 is 0 Å². The van der Waals surface area contributed by atoms with Crippen LogP contribution in [0.4, 0.5) is 0 Å². The second-order valence-corrected chi connectivity index (χ2v) is 7.73. The molecule has 0 radical (unpaired) electrons. The number of fused-ring (bicyclic) bond motifs is 1. The molecular weight excluding hydrogens is 324 g/mol. The average molecular weight is 350 g/mol. The molecule has 0 aromatic heterocycles. The maximum absolute atomic E-state index is 11.6. The lowest BCUT2D eigenvalue weighted by molar-refractivity contribution is 0.405. The Morgan fingerprint density at radius 1 is 1.17 bits per heavy atom. The van der Waals surface area contributed by atoms with Gasteiger partial charge in [-0.05, 0) is 29.8 Å². The molecule has 0 bridgehead atoms. The molecule has 0 fully saturated rings. The van der Waals surface area contributed by atoms with Crippen molar-refractivity contribution >= 4 is 20.8 Å². The molecule has 0 heterocycles. The number of nitrogens with zero attached hydrogens (tertiary/aromatic N) is 1. The molecule has 0 unspecified atom stereocenters. The Morgan fingerprint density at radius 3 is 2.58 bits per heavy atom. The second kappa shape index (κ2) is 8.46. The van der Waals surface area contributed by atoms with E-state index in [4.69, 9.17) is 4.74 Å². The number of methoxy groups -OCH3 is 1. The first-order chi connectivity index (χ1) is 11.5. The smallest absolute Gasteiger partial charge is 0.211 e. The maximum atomic E-state index is 11.6. The van der Waals surface area contributed by atoms with Crippen molar-refractivity contribution in [1.29, 1.82) is 0 Å². The summed E-state index contributed by atoms with van der Waals surface area (Å²) in [5.74, 6) is 0.868. The molecule has 0 spiro atoms. The zero-order valence-electron chi connectivity index (χ0n) is 14.6. The van der Waals surface area contributed by atoms with Crippen molar-refractivity contribution in [2.45, 2.75) is 19.9 Å². The van der Waals surface area contributed by atoms with E-state index in [1.54, 1.807) is 7.11 Å². The van der Waals surface area contributed by atoms with Gasteiger partial charge in [-0.2, -0.15) is 0 Å². The van der Waals surface area contributed by atoms with E-state index in [9.17, 15) is 8.42 Å². The summed E-state index contributed by atoms with van der Waals surface area (Å²) in [6, 6.07) is 12.3. The van der Waals surface area contributed by atoms with Gasteiger partial charge in [0.15, 0.2) is 0 Å². The fraction of sp³-hybridized carbons (Fsp3) is 0.444. The highest BCUT2D eigenvalue weighted by atomic mass is 32.2. The zero-order valence-corrected chi connectivity index (χ0v) is 15.4. The van der Waals surface area contributed by atoms with Crippen LogP contribution in [0.1, 0.15) is 18.9 Å². The quantitative estimate of drug-likeness (QED) is 0.706. The molecule has 0 aliphatic heterocycles. The van der Waals surface area contributed by atoms with Crippen LogP contribution in [0.2, 0.25) is 0 Å². The molecule has 2 aromatic rings. The van der Waals surface area contributed by atoms with Gasteiger partial charge < -0.3 is 10.1 Å². The highest BCUT2D eigenvalue weighted by Crippen LogP contribution is 2.27. The normalized spacial score (nSPS) is 12.0. The molecule has 0 amide bonds. The van der Waals surface area contributed by atoms with E-state index in [0.717, 1.165) is 24.3 Å². The van der Waals surface area contributed by atoms with Gasteiger partial charge in [-0.25, -0.2) is 12.7 Å². The molecule has 0 aliphatic carbocycles. The van der Waals surface area contributed by atoms with Gasteiger partial charge in [0.2, 0.25) is 10.0 Å². The van der Waals surface area contributed by atoms with Crippen molar-refractivity contribution in [3.8, 4) is 5.75 Å². The van der Waals surface area contributed by atoms with Crippen LogP contribution in [0.15, 0.2) is 36.4 Å². The summed E-state index contributed by atoms with van der Waals surface area (Å²) < 4.78 is 30.1. The number of ether oxygens (including phenoxy) is 1. The molecule has 132 valence electrons. The van der Waals surface area contributed by atoms with Crippen molar-refractivity contribution in [3.63, 3.8) is 0 Å². The first-order valence-corrected chi connectivity index (χ1v) is 10.0. The van der Waals surface area contributed by atoms with Crippen LogP contribution in [0, 0.1) is 0 Å². The molecule has 0 atom stereocenters. The molecule has 0 aliphatic rings. The van der Waals surface area contributed by atoms with E-state index in [1.165, 1.54) is 21.3 Å². The lowest BCUT2D eigenvalue weighted by Crippen LogP contribution is -2.32. The number of hydrogen-bond acceptors (Lipinski definition) is 4. The highest BCUT2D eigenvalue weighted by molar-refractivity contribution is 7.88.